The lowest BCUT2D eigenvalue weighted by Crippen LogP contribution is -2.27. The second-order valence-electron chi connectivity index (χ2n) is 7.20. The number of rotatable bonds is 13. The number of benzene rings is 1. The van der Waals surface area contributed by atoms with Crippen LogP contribution in [0.3, 0.4) is 0 Å². The number of hydrogen-bond acceptors (Lipinski definition) is 7. The van der Waals surface area contributed by atoms with Crippen molar-refractivity contribution < 1.29 is 14.3 Å². The predicted molar refractivity (Wildman–Crippen MR) is 127 cm³/mol. The fourth-order valence-electron chi connectivity index (χ4n) is 2.85. The zero-order chi connectivity index (χ0) is 22.5. The first-order valence-corrected chi connectivity index (χ1v) is 12.6. The summed E-state index contributed by atoms with van der Waals surface area (Å²) in [5.74, 6) is 1.53. The maximum absolute atomic E-state index is 12.5. The molecular weight excluding hydrogens is 428 g/mol. The molecule has 0 saturated carbocycles. The Hall–Kier alpha value is -2.01. The Bertz CT molecular complexity index is 869. The molecule has 0 aliphatic carbocycles. The van der Waals surface area contributed by atoms with E-state index in [-0.39, 0.29) is 17.8 Å². The van der Waals surface area contributed by atoms with E-state index in [1.165, 1.54) is 11.8 Å². The maximum Gasteiger partial charge on any atom is 0.316 e. The number of carbonyl (C=O) groups excluding carboxylic acids is 1. The van der Waals surface area contributed by atoms with Crippen LogP contribution >= 0.6 is 23.5 Å². The van der Waals surface area contributed by atoms with Crippen LogP contribution in [0.2, 0.25) is 0 Å². The first kappa shape index (κ1) is 25.3. The molecule has 2 aromatic rings. The first-order chi connectivity index (χ1) is 15.0. The summed E-state index contributed by atoms with van der Waals surface area (Å²) >= 11 is 3.03. The second-order valence-corrected chi connectivity index (χ2v) is 9.32. The average Bonchev–Trinajstić information content (AvgIpc) is 2.75. The maximum atomic E-state index is 12.5. The molecule has 1 aromatic carbocycles. The van der Waals surface area contributed by atoms with E-state index in [0.717, 1.165) is 35.4 Å². The zero-order valence-electron chi connectivity index (χ0n) is 18.4. The van der Waals surface area contributed by atoms with Gasteiger partial charge in [0.05, 0.1) is 24.5 Å². The molecule has 1 heterocycles. The van der Waals surface area contributed by atoms with Gasteiger partial charge in [0.15, 0.2) is 0 Å². The van der Waals surface area contributed by atoms with Gasteiger partial charge >= 0.3 is 5.97 Å². The number of thioether (sulfide) groups is 2. The highest BCUT2D eigenvalue weighted by atomic mass is 32.2. The Kier molecular flexibility index (Phi) is 11.5. The van der Waals surface area contributed by atoms with E-state index in [0.29, 0.717) is 29.6 Å². The Morgan fingerprint density at radius 2 is 2.03 bits per heavy atom. The quantitative estimate of drug-likeness (QED) is 0.228. The van der Waals surface area contributed by atoms with Gasteiger partial charge in [-0.1, -0.05) is 55.4 Å². The SMILES string of the molecule is CCCCSCC(COCc1ccccc1)OC(=O)CSc1nc(C)cc(C)c1C#N. The summed E-state index contributed by atoms with van der Waals surface area (Å²) in [5, 5.41) is 9.97. The van der Waals surface area contributed by atoms with Crippen LogP contribution in [-0.4, -0.2) is 40.9 Å². The molecule has 0 fully saturated rings. The van der Waals surface area contributed by atoms with Crippen molar-refractivity contribution in [3.63, 3.8) is 0 Å². The molecule has 7 heteroatoms. The van der Waals surface area contributed by atoms with Gasteiger partial charge in [0, 0.05) is 11.4 Å². The van der Waals surface area contributed by atoms with Gasteiger partial charge < -0.3 is 9.47 Å². The minimum atomic E-state index is -0.320. The van der Waals surface area contributed by atoms with Crippen molar-refractivity contribution in [1.82, 2.24) is 4.98 Å². The number of unbranched alkanes of at least 4 members (excludes halogenated alkanes) is 1. The minimum absolute atomic E-state index is 0.111. The smallest absolute Gasteiger partial charge is 0.316 e. The highest BCUT2D eigenvalue weighted by Crippen LogP contribution is 2.24. The van der Waals surface area contributed by atoms with Crippen molar-refractivity contribution in [1.29, 1.82) is 5.26 Å². The van der Waals surface area contributed by atoms with Crippen molar-refractivity contribution in [2.45, 2.75) is 51.3 Å². The number of nitriles is 1. The van der Waals surface area contributed by atoms with Crippen molar-refractivity contribution in [2.24, 2.45) is 0 Å². The van der Waals surface area contributed by atoms with Crippen LogP contribution in [0.5, 0.6) is 0 Å². The summed E-state index contributed by atoms with van der Waals surface area (Å²) in [6.45, 7) is 6.76. The average molecular weight is 459 g/mol. The Balaban J connectivity index is 1.89. The molecule has 0 aliphatic heterocycles. The third-order valence-electron chi connectivity index (χ3n) is 4.41. The van der Waals surface area contributed by atoms with E-state index < -0.39 is 0 Å². The highest BCUT2D eigenvalue weighted by molar-refractivity contribution is 8.00. The summed E-state index contributed by atoms with van der Waals surface area (Å²) in [4.78, 5) is 16.9. The van der Waals surface area contributed by atoms with E-state index >= 15 is 0 Å². The van der Waals surface area contributed by atoms with E-state index in [1.54, 1.807) is 11.8 Å². The normalized spacial score (nSPS) is 11.7. The van der Waals surface area contributed by atoms with Crippen molar-refractivity contribution in [3.05, 3.63) is 58.8 Å². The molecule has 1 unspecified atom stereocenters. The molecule has 31 heavy (non-hydrogen) atoms. The Labute approximate surface area is 193 Å². The van der Waals surface area contributed by atoms with Gasteiger partial charge in [-0.2, -0.15) is 17.0 Å². The van der Waals surface area contributed by atoms with Gasteiger partial charge in [-0.25, -0.2) is 4.98 Å². The van der Waals surface area contributed by atoms with E-state index in [2.05, 4.69) is 18.0 Å². The molecule has 0 spiro atoms. The lowest BCUT2D eigenvalue weighted by atomic mass is 10.1. The van der Waals surface area contributed by atoms with Crippen LogP contribution in [0.1, 0.15) is 42.1 Å². The molecule has 5 nitrogen and oxygen atoms in total. The third-order valence-corrected chi connectivity index (χ3v) is 6.54. The number of esters is 1. The van der Waals surface area contributed by atoms with Gasteiger partial charge in [0.2, 0.25) is 0 Å². The van der Waals surface area contributed by atoms with Gasteiger partial charge in [-0.15, -0.1) is 0 Å². The van der Waals surface area contributed by atoms with Crippen molar-refractivity contribution in [2.75, 3.05) is 23.9 Å². The van der Waals surface area contributed by atoms with Crippen LogP contribution in [-0.2, 0) is 20.9 Å². The van der Waals surface area contributed by atoms with E-state index in [1.807, 2.05) is 50.2 Å². The Morgan fingerprint density at radius 1 is 1.26 bits per heavy atom. The molecule has 0 aliphatic rings. The molecule has 0 N–H and O–H groups in total. The number of nitrogens with zero attached hydrogens (tertiary/aromatic N) is 2. The van der Waals surface area contributed by atoms with Crippen LogP contribution in [0.4, 0.5) is 0 Å². The van der Waals surface area contributed by atoms with Crippen molar-refractivity contribution >= 4 is 29.5 Å². The molecule has 0 amide bonds. The number of aryl methyl sites for hydroxylation is 2. The molecule has 0 bridgehead atoms. The fourth-order valence-corrected chi connectivity index (χ4v) is 4.82. The minimum Gasteiger partial charge on any atom is -0.458 e. The lowest BCUT2D eigenvalue weighted by molar-refractivity contribution is -0.147. The second kappa shape index (κ2) is 14.1. The van der Waals surface area contributed by atoms with Gasteiger partial charge in [-0.3, -0.25) is 4.79 Å². The van der Waals surface area contributed by atoms with Crippen LogP contribution in [0.25, 0.3) is 0 Å². The number of aromatic nitrogens is 1. The number of ether oxygens (including phenoxy) is 2. The largest absolute Gasteiger partial charge is 0.458 e. The van der Waals surface area contributed by atoms with Crippen LogP contribution in [0.15, 0.2) is 41.4 Å². The van der Waals surface area contributed by atoms with Crippen LogP contribution < -0.4 is 0 Å². The summed E-state index contributed by atoms with van der Waals surface area (Å²) in [5.41, 5.74) is 3.30. The van der Waals surface area contributed by atoms with Crippen LogP contribution in [0, 0.1) is 25.2 Å². The number of hydrogen-bond donors (Lipinski definition) is 0. The van der Waals surface area contributed by atoms with E-state index in [9.17, 15) is 10.1 Å². The standard InChI is InChI=1S/C24H30N2O3S2/c1-4-5-11-30-16-21(15-28-14-20-9-7-6-8-10-20)29-23(27)17-31-24-22(13-25)18(2)12-19(3)26-24/h6-10,12,21H,4-5,11,14-17H2,1-3H3. The fraction of sp³-hybridized carbons (Fsp3) is 0.458. The molecule has 1 aromatic heterocycles. The molecule has 166 valence electrons. The monoisotopic (exact) mass is 458 g/mol. The Morgan fingerprint density at radius 3 is 2.74 bits per heavy atom. The van der Waals surface area contributed by atoms with Gasteiger partial charge in [-0.05, 0) is 43.2 Å². The third kappa shape index (κ3) is 9.34. The molecule has 0 radical (unpaired) electrons. The highest BCUT2D eigenvalue weighted by Gasteiger charge is 2.17. The molecule has 2 rings (SSSR count). The lowest BCUT2D eigenvalue weighted by Gasteiger charge is -2.18. The summed E-state index contributed by atoms with van der Waals surface area (Å²) < 4.78 is 11.5. The van der Waals surface area contributed by atoms with Crippen molar-refractivity contribution in [3.8, 4) is 6.07 Å². The summed E-state index contributed by atoms with van der Waals surface area (Å²) in [6, 6.07) is 14.0. The predicted octanol–water partition coefficient (Wildman–Crippen LogP) is 5.32. The first-order valence-electron chi connectivity index (χ1n) is 10.4. The molecular formula is C24H30N2O3S2. The summed E-state index contributed by atoms with van der Waals surface area (Å²) in [7, 11) is 0. The summed E-state index contributed by atoms with van der Waals surface area (Å²) in [6.07, 6.45) is 1.98. The molecule has 1 atom stereocenters. The molecule has 0 saturated heterocycles. The van der Waals surface area contributed by atoms with E-state index in [4.69, 9.17) is 9.47 Å². The topological polar surface area (TPSA) is 72.2 Å². The number of pyridine rings is 1. The van der Waals surface area contributed by atoms with Gasteiger partial charge in [0.1, 0.15) is 17.2 Å². The zero-order valence-corrected chi connectivity index (χ0v) is 20.1. The van der Waals surface area contributed by atoms with Gasteiger partial charge in [0.25, 0.3) is 0 Å². The number of carbonyl (C=O) groups is 1.